The lowest BCUT2D eigenvalue weighted by molar-refractivity contribution is -0.155. The summed E-state index contributed by atoms with van der Waals surface area (Å²) in [4.78, 5) is 12.2. The van der Waals surface area contributed by atoms with Crippen molar-refractivity contribution in [1.82, 2.24) is 0 Å². The molecule has 0 N–H and O–H groups in total. The fourth-order valence-corrected chi connectivity index (χ4v) is 2.71. The van der Waals surface area contributed by atoms with Gasteiger partial charge >= 0.3 is 5.97 Å². The van der Waals surface area contributed by atoms with E-state index in [0.717, 1.165) is 6.42 Å². The number of hydrogen-bond acceptors (Lipinski definition) is 2. The number of carbonyl (C=O) groups is 1. The Morgan fingerprint density at radius 2 is 1.74 bits per heavy atom. The van der Waals surface area contributed by atoms with E-state index in [-0.39, 0.29) is 15.5 Å². The van der Waals surface area contributed by atoms with Crippen LogP contribution < -0.4 is 0 Å². The van der Waals surface area contributed by atoms with E-state index >= 15 is 0 Å². The van der Waals surface area contributed by atoms with Crippen molar-refractivity contribution in [3.63, 3.8) is 0 Å². The summed E-state index contributed by atoms with van der Waals surface area (Å²) in [6, 6.07) is 10.3. The SMILES string of the molecule is CC(I)OC(=O)C(C)(C)CC(C)(C)c1ccccc1. The van der Waals surface area contributed by atoms with E-state index in [1.54, 1.807) is 0 Å². The molecule has 0 aliphatic heterocycles. The van der Waals surface area contributed by atoms with E-state index in [4.69, 9.17) is 4.74 Å². The number of rotatable bonds is 5. The van der Waals surface area contributed by atoms with Gasteiger partial charge in [0.25, 0.3) is 0 Å². The van der Waals surface area contributed by atoms with Gasteiger partial charge in [-0.3, -0.25) is 4.79 Å². The molecule has 0 fully saturated rings. The smallest absolute Gasteiger partial charge is 0.312 e. The van der Waals surface area contributed by atoms with Crippen molar-refractivity contribution in [2.45, 2.75) is 50.6 Å². The third-order valence-electron chi connectivity index (χ3n) is 3.26. The Bertz CT molecular complexity index is 422. The average Bonchev–Trinajstić information content (AvgIpc) is 2.28. The number of hydrogen-bond donors (Lipinski definition) is 0. The molecular weight excluding hydrogens is 351 g/mol. The molecule has 0 bridgehead atoms. The lowest BCUT2D eigenvalue weighted by Crippen LogP contribution is -2.35. The molecular formula is C16H23IO2. The molecule has 1 rings (SSSR count). The monoisotopic (exact) mass is 374 g/mol. The zero-order chi connectivity index (χ0) is 14.7. The highest BCUT2D eigenvalue weighted by atomic mass is 127. The molecule has 0 amide bonds. The van der Waals surface area contributed by atoms with Gasteiger partial charge in [0.1, 0.15) is 4.11 Å². The summed E-state index contributed by atoms with van der Waals surface area (Å²) < 4.78 is 5.25. The van der Waals surface area contributed by atoms with Crippen molar-refractivity contribution in [2.75, 3.05) is 0 Å². The highest BCUT2D eigenvalue weighted by Gasteiger charge is 2.37. The average molecular weight is 374 g/mol. The van der Waals surface area contributed by atoms with Crippen molar-refractivity contribution >= 4 is 28.6 Å². The standard InChI is InChI=1S/C16H23IO2/c1-12(17)19-14(18)16(4,5)11-15(2,3)13-9-7-6-8-10-13/h6-10,12H,11H2,1-5H3. The number of halogens is 1. The van der Waals surface area contributed by atoms with Crippen LogP contribution >= 0.6 is 22.6 Å². The lowest BCUT2D eigenvalue weighted by Gasteiger charge is -2.34. The van der Waals surface area contributed by atoms with Crippen molar-refractivity contribution in [1.29, 1.82) is 0 Å². The van der Waals surface area contributed by atoms with E-state index < -0.39 is 5.41 Å². The van der Waals surface area contributed by atoms with Crippen LogP contribution in [-0.2, 0) is 14.9 Å². The summed E-state index contributed by atoms with van der Waals surface area (Å²) in [5.41, 5.74) is 0.704. The predicted octanol–water partition coefficient (Wildman–Crippen LogP) is 4.70. The van der Waals surface area contributed by atoms with E-state index in [1.165, 1.54) is 5.56 Å². The molecule has 1 aromatic carbocycles. The minimum absolute atomic E-state index is 0.0573. The van der Waals surface area contributed by atoms with Gasteiger partial charge in [-0.1, -0.05) is 44.2 Å². The largest absolute Gasteiger partial charge is 0.452 e. The molecule has 2 nitrogen and oxygen atoms in total. The number of carbonyl (C=O) groups excluding carboxylic acids is 1. The quantitative estimate of drug-likeness (QED) is 0.424. The number of alkyl halides is 1. The van der Waals surface area contributed by atoms with Crippen LogP contribution in [0.25, 0.3) is 0 Å². The first-order chi connectivity index (χ1) is 8.65. The van der Waals surface area contributed by atoms with Crippen molar-refractivity contribution in [3.05, 3.63) is 35.9 Å². The first-order valence-corrected chi connectivity index (χ1v) is 7.80. The Balaban J connectivity index is 2.85. The third-order valence-corrected chi connectivity index (χ3v) is 3.52. The van der Waals surface area contributed by atoms with Crippen LogP contribution in [0.2, 0.25) is 0 Å². The molecule has 0 aliphatic carbocycles. The van der Waals surface area contributed by atoms with Crippen LogP contribution in [0.4, 0.5) is 0 Å². The molecule has 0 heterocycles. The highest BCUT2D eigenvalue weighted by molar-refractivity contribution is 14.1. The Morgan fingerprint density at radius 3 is 2.21 bits per heavy atom. The van der Waals surface area contributed by atoms with Gasteiger partial charge in [0.05, 0.1) is 5.41 Å². The van der Waals surface area contributed by atoms with Crippen LogP contribution in [0, 0.1) is 5.41 Å². The summed E-state index contributed by atoms with van der Waals surface area (Å²) in [6.07, 6.45) is 0.756. The van der Waals surface area contributed by atoms with Gasteiger partial charge in [0.2, 0.25) is 0 Å². The fraction of sp³-hybridized carbons (Fsp3) is 0.562. The second kappa shape index (κ2) is 6.25. The molecule has 0 saturated heterocycles. The topological polar surface area (TPSA) is 26.3 Å². The number of esters is 1. The van der Waals surface area contributed by atoms with Crippen molar-refractivity contribution in [2.24, 2.45) is 5.41 Å². The first kappa shape index (κ1) is 16.5. The molecule has 19 heavy (non-hydrogen) atoms. The van der Waals surface area contributed by atoms with Crippen LogP contribution in [0.5, 0.6) is 0 Å². The third kappa shape index (κ3) is 4.79. The molecule has 0 saturated carbocycles. The van der Waals surface area contributed by atoms with Crippen LogP contribution in [-0.4, -0.2) is 10.1 Å². The van der Waals surface area contributed by atoms with Gasteiger partial charge in [0.15, 0.2) is 0 Å². The molecule has 0 radical (unpaired) electrons. The van der Waals surface area contributed by atoms with Crippen molar-refractivity contribution in [3.8, 4) is 0 Å². The Labute approximate surface area is 130 Å². The summed E-state index contributed by atoms with van der Waals surface area (Å²) in [5, 5.41) is 0. The molecule has 3 heteroatoms. The van der Waals surface area contributed by atoms with Crippen LogP contribution in [0.1, 0.15) is 46.6 Å². The van der Waals surface area contributed by atoms with Gasteiger partial charge < -0.3 is 4.74 Å². The fourth-order valence-electron chi connectivity index (χ4n) is 2.48. The maximum Gasteiger partial charge on any atom is 0.312 e. The summed E-state index contributed by atoms with van der Waals surface area (Å²) >= 11 is 2.10. The molecule has 0 aromatic heterocycles. The Kier molecular flexibility index (Phi) is 5.42. The summed E-state index contributed by atoms with van der Waals surface area (Å²) in [6.45, 7) is 10.1. The van der Waals surface area contributed by atoms with Crippen LogP contribution in [0.3, 0.4) is 0 Å². The maximum absolute atomic E-state index is 12.2. The lowest BCUT2D eigenvalue weighted by atomic mass is 9.71. The second-order valence-electron chi connectivity index (χ2n) is 6.26. The Hall–Kier alpha value is -0.580. The molecule has 0 aliphatic rings. The highest BCUT2D eigenvalue weighted by Crippen LogP contribution is 2.37. The van der Waals surface area contributed by atoms with E-state index in [2.05, 4.69) is 48.6 Å². The zero-order valence-corrected chi connectivity index (χ0v) is 14.5. The minimum Gasteiger partial charge on any atom is -0.452 e. The molecule has 1 aromatic rings. The Morgan fingerprint density at radius 1 is 1.21 bits per heavy atom. The minimum atomic E-state index is -0.487. The first-order valence-electron chi connectivity index (χ1n) is 6.56. The molecule has 106 valence electrons. The predicted molar refractivity (Wildman–Crippen MR) is 87.4 cm³/mol. The summed E-state index contributed by atoms with van der Waals surface area (Å²) in [5.74, 6) is -0.126. The number of ether oxygens (including phenoxy) is 1. The molecule has 1 unspecified atom stereocenters. The maximum atomic E-state index is 12.2. The zero-order valence-electron chi connectivity index (χ0n) is 12.4. The van der Waals surface area contributed by atoms with Gasteiger partial charge in [0, 0.05) is 0 Å². The van der Waals surface area contributed by atoms with Gasteiger partial charge in [-0.15, -0.1) is 0 Å². The summed E-state index contributed by atoms with van der Waals surface area (Å²) in [7, 11) is 0. The van der Waals surface area contributed by atoms with E-state index in [9.17, 15) is 4.79 Å². The molecule has 0 spiro atoms. The van der Waals surface area contributed by atoms with Crippen molar-refractivity contribution < 1.29 is 9.53 Å². The van der Waals surface area contributed by atoms with Gasteiger partial charge in [-0.25, -0.2) is 0 Å². The van der Waals surface area contributed by atoms with Crippen LogP contribution in [0.15, 0.2) is 30.3 Å². The van der Waals surface area contributed by atoms with E-state index in [1.807, 2.05) is 39.0 Å². The molecule has 1 atom stereocenters. The normalized spacial score (nSPS) is 14.0. The second-order valence-corrected chi connectivity index (χ2v) is 8.01. The van der Waals surface area contributed by atoms with Gasteiger partial charge in [-0.2, -0.15) is 0 Å². The van der Waals surface area contributed by atoms with Gasteiger partial charge in [-0.05, 0) is 60.8 Å². The number of benzene rings is 1. The van der Waals surface area contributed by atoms with E-state index in [0.29, 0.717) is 0 Å².